The number of rotatable bonds is 7. The molecule has 0 saturated carbocycles. The van der Waals surface area contributed by atoms with Gasteiger partial charge in [0.25, 0.3) is 0 Å². The predicted octanol–water partition coefficient (Wildman–Crippen LogP) is 5.08. The summed E-state index contributed by atoms with van der Waals surface area (Å²) in [5.41, 5.74) is 4.54. The predicted molar refractivity (Wildman–Crippen MR) is 186 cm³/mol. The molecule has 2 bridgehead atoms. The van der Waals surface area contributed by atoms with E-state index in [-0.39, 0.29) is 18.2 Å². The van der Waals surface area contributed by atoms with E-state index < -0.39 is 6.09 Å². The van der Waals surface area contributed by atoms with Crippen molar-refractivity contribution in [3.63, 3.8) is 0 Å². The van der Waals surface area contributed by atoms with E-state index in [2.05, 4.69) is 32.4 Å². The van der Waals surface area contributed by atoms with Crippen molar-refractivity contribution < 1.29 is 19.4 Å². The maximum Gasteiger partial charge on any atom is 0.411 e. The first-order valence-corrected chi connectivity index (χ1v) is 16.2. The molecule has 3 fully saturated rings. The van der Waals surface area contributed by atoms with Crippen molar-refractivity contribution in [1.82, 2.24) is 19.9 Å². The Morgan fingerprint density at radius 3 is 1.81 bits per heavy atom. The summed E-state index contributed by atoms with van der Waals surface area (Å²) in [6.45, 7) is 5.46. The number of ether oxygens (including phenoxy) is 1. The van der Waals surface area contributed by atoms with Crippen LogP contribution >= 0.6 is 0 Å². The highest BCUT2D eigenvalue weighted by atomic mass is 16.5. The molecule has 2 atom stereocenters. The normalized spacial score (nSPS) is 19.2. The zero-order valence-electron chi connectivity index (χ0n) is 27.0. The Bertz CT molecular complexity index is 1750. The highest BCUT2D eigenvalue weighted by Crippen LogP contribution is 2.31. The molecule has 1 aromatic heterocycles. The second-order valence-electron chi connectivity index (χ2n) is 12.5. The van der Waals surface area contributed by atoms with Crippen molar-refractivity contribution in [2.75, 3.05) is 78.7 Å². The number of likely N-dealkylation sites (N-methyl/N-ethyl adjacent to an activating group) is 1. The van der Waals surface area contributed by atoms with E-state index in [9.17, 15) is 14.7 Å². The number of hydrogen-bond acceptors (Lipinski definition) is 9. The number of nitrogens with zero attached hydrogens (tertiary/aromatic N) is 7. The van der Waals surface area contributed by atoms with Crippen LogP contribution in [0.1, 0.15) is 12.8 Å². The third-order valence-electron chi connectivity index (χ3n) is 9.14. The molecule has 3 aliphatic rings. The molecular formula is C35H39N9O4. The Labute approximate surface area is 279 Å². The number of hydrogen-bond donors (Lipinski definition) is 3. The van der Waals surface area contributed by atoms with E-state index in [0.717, 1.165) is 60.7 Å². The summed E-state index contributed by atoms with van der Waals surface area (Å²) in [4.78, 5) is 46.7. The van der Waals surface area contributed by atoms with Gasteiger partial charge >= 0.3 is 12.1 Å². The molecule has 13 nitrogen and oxygen atoms in total. The minimum atomic E-state index is -1.04. The van der Waals surface area contributed by atoms with Gasteiger partial charge in [0, 0.05) is 80.2 Å². The van der Waals surface area contributed by atoms with Gasteiger partial charge in [-0.05, 0) is 92.7 Å². The number of nitrogens with one attached hydrogen (secondary N) is 2. The van der Waals surface area contributed by atoms with E-state index in [1.807, 2.05) is 60.7 Å². The van der Waals surface area contributed by atoms with Gasteiger partial charge in [-0.1, -0.05) is 0 Å². The first-order chi connectivity index (χ1) is 23.3. The molecule has 3 saturated heterocycles. The second kappa shape index (κ2) is 13.5. The average Bonchev–Trinajstić information content (AvgIpc) is 3.45. The third kappa shape index (κ3) is 7.02. The van der Waals surface area contributed by atoms with Crippen molar-refractivity contribution >= 4 is 40.8 Å². The molecule has 48 heavy (non-hydrogen) atoms. The maximum absolute atomic E-state index is 12.8. The van der Waals surface area contributed by atoms with Crippen LogP contribution in [0.4, 0.5) is 38.3 Å². The molecule has 3 aliphatic heterocycles. The Kier molecular flexibility index (Phi) is 8.78. The SMILES string of the molecule is CN1CCN(c2ccc(NC(=O)Nc3ccc(-c4nc(-c5ccc(N(C)C(=O)O)cc5)nc(N5CC6CCC(C5)O6)n4)cc3)cc2)CC1. The van der Waals surface area contributed by atoms with Crippen molar-refractivity contribution in [1.29, 1.82) is 0 Å². The topological polar surface area (TPSA) is 139 Å². The van der Waals surface area contributed by atoms with Gasteiger partial charge < -0.3 is 35.2 Å². The molecule has 3 aromatic carbocycles. The number of carboxylic acid groups (broad SMARTS) is 1. The summed E-state index contributed by atoms with van der Waals surface area (Å²) >= 11 is 0. The monoisotopic (exact) mass is 649 g/mol. The van der Waals surface area contributed by atoms with Crippen molar-refractivity contribution in [2.45, 2.75) is 25.0 Å². The van der Waals surface area contributed by atoms with E-state index in [4.69, 9.17) is 19.7 Å². The number of amides is 3. The van der Waals surface area contributed by atoms with Crippen molar-refractivity contribution in [3.05, 3.63) is 72.8 Å². The largest absolute Gasteiger partial charge is 0.465 e. The third-order valence-corrected chi connectivity index (χ3v) is 9.14. The van der Waals surface area contributed by atoms with Crippen LogP contribution in [0.3, 0.4) is 0 Å². The van der Waals surface area contributed by atoms with Crippen LogP contribution in [0.2, 0.25) is 0 Å². The van der Waals surface area contributed by atoms with Crippen molar-refractivity contribution in [3.8, 4) is 22.8 Å². The van der Waals surface area contributed by atoms with Gasteiger partial charge in [-0.15, -0.1) is 0 Å². The zero-order valence-corrected chi connectivity index (χ0v) is 27.0. The maximum atomic E-state index is 12.8. The molecule has 3 amide bonds. The van der Waals surface area contributed by atoms with Crippen LogP contribution in [0.15, 0.2) is 72.8 Å². The number of fused-ring (bicyclic) bond motifs is 2. The number of piperazine rings is 1. The van der Waals surface area contributed by atoms with Crippen LogP contribution in [0, 0.1) is 0 Å². The smallest absolute Gasteiger partial charge is 0.411 e. The Hall–Kier alpha value is -5.27. The van der Waals surface area contributed by atoms with Crippen LogP contribution in [0.25, 0.3) is 22.8 Å². The fourth-order valence-corrected chi connectivity index (χ4v) is 6.30. The molecule has 0 radical (unpaired) electrons. The number of carbonyl (C=O) groups is 2. The Morgan fingerprint density at radius 1 is 0.750 bits per heavy atom. The molecule has 13 heteroatoms. The second-order valence-corrected chi connectivity index (χ2v) is 12.5. The Morgan fingerprint density at radius 2 is 1.27 bits per heavy atom. The number of anilines is 5. The fraction of sp³-hybridized carbons (Fsp3) is 0.343. The molecule has 0 aliphatic carbocycles. The Balaban J connectivity index is 1.07. The number of urea groups is 1. The van der Waals surface area contributed by atoms with Gasteiger partial charge in [0.15, 0.2) is 11.6 Å². The van der Waals surface area contributed by atoms with Gasteiger partial charge in [-0.25, -0.2) is 14.6 Å². The standard InChI is InChI=1S/C35H39N9O4/c1-41-17-19-43(20-18-41)28-13-9-26(10-14-28)37-34(45)36-25-7-3-23(4-8-25)31-38-32(24-5-11-27(12-6-24)42(2)35(46)47)40-33(39-31)44-21-29-15-16-30(22-44)48-29/h3-14,29-30H,15-22H2,1-2H3,(H,46,47)(H2,36,37,45). The molecule has 2 unspecified atom stereocenters. The summed E-state index contributed by atoms with van der Waals surface area (Å²) < 4.78 is 6.04. The minimum absolute atomic E-state index is 0.157. The minimum Gasteiger partial charge on any atom is -0.465 e. The van der Waals surface area contributed by atoms with Gasteiger partial charge in [0.05, 0.1) is 12.2 Å². The number of carbonyl (C=O) groups excluding carboxylic acids is 1. The van der Waals surface area contributed by atoms with E-state index in [1.165, 1.54) is 7.05 Å². The molecule has 7 rings (SSSR count). The number of aromatic nitrogens is 3. The van der Waals surface area contributed by atoms with Crippen LogP contribution in [-0.2, 0) is 4.74 Å². The summed E-state index contributed by atoms with van der Waals surface area (Å²) in [6, 6.07) is 22.1. The van der Waals surface area contributed by atoms with Crippen LogP contribution in [-0.4, -0.2) is 103 Å². The molecule has 4 heterocycles. The highest BCUT2D eigenvalue weighted by Gasteiger charge is 2.35. The zero-order chi connectivity index (χ0) is 33.2. The van der Waals surface area contributed by atoms with E-state index in [1.54, 1.807) is 12.1 Å². The molecular weight excluding hydrogens is 610 g/mol. The number of morpholine rings is 1. The molecule has 4 aromatic rings. The van der Waals surface area contributed by atoms with Crippen LogP contribution < -0.4 is 25.3 Å². The quantitative estimate of drug-likeness (QED) is 0.248. The lowest BCUT2D eigenvalue weighted by Gasteiger charge is -2.34. The summed E-state index contributed by atoms with van der Waals surface area (Å²) in [7, 11) is 3.63. The summed E-state index contributed by atoms with van der Waals surface area (Å²) in [5, 5.41) is 15.2. The highest BCUT2D eigenvalue weighted by molar-refractivity contribution is 6.00. The average molecular weight is 650 g/mol. The first kappa shape index (κ1) is 31.3. The summed E-state index contributed by atoms with van der Waals surface area (Å²) in [5.74, 6) is 1.55. The lowest BCUT2D eigenvalue weighted by Crippen LogP contribution is -2.44. The van der Waals surface area contributed by atoms with E-state index in [0.29, 0.717) is 47.7 Å². The lowest BCUT2D eigenvalue weighted by molar-refractivity contribution is 0.0299. The van der Waals surface area contributed by atoms with Crippen LogP contribution in [0.5, 0.6) is 0 Å². The first-order valence-electron chi connectivity index (χ1n) is 16.2. The van der Waals surface area contributed by atoms with Gasteiger partial charge in [-0.3, -0.25) is 4.90 Å². The summed E-state index contributed by atoms with van der Waals surface area (Å²) in [6.07, 6.45) is 1.32. The van der Waals surface area contributed by atoms with Crippen molar-refractivity contribution in [2.24, 2.45) is 0 Å². The van der Waals surface area contributed by atoms with Gasteiger partial charge in [-0.2, -0.15) is 9.97 Å². The van der Waals surface area contributed by atoms with Gasteiger partial charge in [0.1, 0.15) is 0 Å². The lowest BCUT2D eigenvalue weighted by atomic mass is 10.1. The van der Waals surface area contributed by atoms with E-state index >= 15 is 0 Å². The fourth-order valence-electron chi connectivity index (χ4n) is 6.30. The van der Waals surface area contributed by atoms with Gasteiger partial charge in [0.2, 0.25) is 5.95 Å². The number of benzene rings is 3. The molecule has 248 valence electrons. The molecule has 0 spiro atoms. The molecule has 3 N–H and O–H groups in total.